The summed E-state index contributed by atoms with van der Waals surface area (Å²) in [4.78, 5) is 20.7. The van der Waals surface area contributed by atoms with Gasteiger partial charge in [-0.3, -0.25) is 0 Å². The molecule has 0 amide bonds. The van der Waals surface area contributed by atoms with E-state index in [9.17, 15) is 9.59 Å². The Morgan fingerprint density at radius 2 is 1.93 bits per heavy atom. The minimum absolute atomic E-state index is 0.142. The molecule has 0 radical (unpaired) electrons. The number of carboxylic acids is 1. The maximum Gasteiger partial charge on any atom is 0.360 e. The van der Waals surface area contributed by atoms with Crippen molar-refractivity contribution in [1.29, 1.82) is 0 Å². The fourth-order valence-corrected chi connectivity index (χ4v) is 0.616. The summed E-state index contributed by atoms with van der Waals surface area (Å²) in [7, 11) is 1.11. The average molecular weight is 208 g/mol. The number of aliphatic carboxylic acids is 1. The van der Waals surface area contributed by atoms with E-state index in [4.69, 9.17) is 15.3 Å². The molecule has 0 fully saturated rings. The second-order valence-corrected chi connectivity index (χ2v) is 2.39. The molecule has 3 N–H and O–H groups in total. The first-order valence-corrected chi connectivity index (χ1v) is 3.77. The van der Waals surface area contributed by atoms with Crippen LogP contribution in [0.4, 0.5) is 0 Å². The standard InChI is InChI=1S/C7H12O7/c1-13-6(11)4(8)2-3-14-7(12)5(9)10/h4,7-8,12H,2-3H2,1H3,(H,9,10). The Kier molecular flexibility index (Phi) is 5.77. The third-order valence-electron chi connectivity index (χ3n) is 1.35. The largest absolute Gasteiger partial charge is 0.477 e. The number of carbonyl (C=O) groups is 2. The van der Waals surface area contributed by atoms with Crippen LogP contribution in [0, 0.1) is 0 Å². The van der Waals surface area contributed by atoms with Crippen molar-refractivity contribution in [2.75, 3.05) is 13.7 Å². The van der Waals surface area contributed by atoms with Crippen molar-refractivity contribution in [2.45, 2.75) is 18.8 Å². The van der Waals surface area contributed by atoms with Crippen LogP contribution in [0.15, 0.2) is 0 Å². The molecule has 0 spiro atoms. The summed E-state index contributed by atoms with van der Waals surface area (Å²) in [6, 6.07) is 0. The second-order valence-electron chi connectivity index (χ2n) is 2.39. The highest BCUT2D eigenvalue weighted by molar-refractivity contribution is 5.74. The van der Waals surface area contributed by atoms with Crippen LogP contribution in [0.1, 0.15) is 6.42 Å². The number of rotatable bonds is 6. The van der Waals surface area contributed by atoms with Gasteiger partial charge in [-0.15, -0.1) is 0 Å². The highest BCUT2D eigenvalue weighted by atomic mass is 16.6. The molecule has 7 heteroatoms. The number of ether oxygens (including phenoxy) is 2. The molecule has 2 unspecified atom stereocenters. The van der Waals surface area contributed by atoms with Crippen LogP contribution >= 0.6 is 0 Å². The van der Waals surface area contributed by atoms with Gasteiger partial charge in [0, 0.05) is 6.42 Å². The molecule has 82 valence electrons. The molecule has 0 bridgehead atoms. The third-order valence-corrected chi connectivity index (χ3v) is 1.35. The van der Waals surface area contributed by atoms with E-state index in [2.05, 4.69) is 9.47 Å². The summed E-state index contributed by atoms with van der Waals surface area (Å²) in [6.45, 7) is -0.260. The van der Waals surface area contributed by atoms with E-state index in [0.29, 0.717) is 0 Å². The molecule has 0 aromatic rings. The molecule has 14 heavy (non-hydrogen) atoms. The minimum Gasteiger partial charge on any atom is -0.477 e. The Morgan fingerprint density at radius 1 is 1.36 bits per heavy atom. The van der Waals surface area contributed by atoms with Crippen LogP contribution in [-0.4, -0.2) is 53.4 Å². The molecular weight excluding hydrogens is 196 g/mol. The molecule has 0 aromatic carbocycles. The number of carbonyl (C=O) groups excluding carboxylic acids is 1. The molecule has 0 rings (SSSR count). The van der Waals surface area contributed by atoms with E-state index in [0.717, 1.165) is 7.11 Å². The zero-order chi connectivity index (χ0) is 11.1. The topological polar surface area (TPSA) is 113 Å². The molecule has 0 aliphatic rings. The molecule has 0 aliphatic carbocycles. The third kappa shape index (κ3) is 4.75. The molecule has 0 aromatic heterocycles. The molecule has 0 aliphatic heterocycles. The summed E-state index contributed by atoms with van der Waals surface area (Å²) in [5.74, 6) is -2.36. The molecular formula is C7H12O7. The van der Waals surface area contributed by atoms with E-state index < -0.39 is 24.3 Å². The van der Waals surface area contributed by atoms with E-state index in [-0.39, 0.29) is 13.0 Å². The number of hydrogen-bond acceptors (Lipinski definition) is 6. The predicted octanol–water partition coefficient (Wildman–Crippen LogP) is -1.67. The summed E-state index contributed by atoms with van der Waals surface area (Å²) in [5, 5.41) is 25.8. The molecule has 0 heterocycles. The van der Waals surface area contributed by atoms with Crippen molar-refractivity contribution in [3.8, 4) is 0 Å². The van der Waals surface area contributed by atoms with Crippen LogP contribution < -0.4 is 0 Å². The van der Waals surface area contributed by atoms with Crippen molar-refractivity contribution < 1.29 is 34.4 Å². The SMILES string of the molecule is COC(=O)C(O)CCOC(O)C(=O)O. The predicted molar refractivity (Wildman–Crippen MR) is 42.2 cm³/mol. The van der Waals surface area contributed by atoms with Gasteiger partial charge in [-0.1, -0.05) is 0 Å². The van der Waals surface area contributed by atoms with Gasteiger partial charge in [0.1, 0.15) is 0 Å². The molecule has 7 nitrogen and oxygen atoms in total. The molecule has 0 saturated carbocycles. The first-order chi connectivity index (χ1) is 6.49. The van der Waals surface area contributed by atoms with Gasteiger partial charge in [-0.2, -0.15) is 0 Å². The van der Waals surface area contributed by atoms with Crippen molar-refractivity contribution in [2.24, 2.45) is 0 Å². The van der Waals surface area contributed by atoms with Crippen LogP contribution in [0.2, 0.25) is 0 Å². The Labute approximate surface area is 79.9 Å². The van der Waals surface area contributed by atoms with Crippen molar-refractivity contribution >= 4 is 11.9 Å². The van der Waals surface area contributed by atoms with E-state index in [1.165, 1.54) is 0 Å². The number of carboxylic acid groups (broad SMARTS) is 1. The maximum atomic E-state index is 10.6. The van der Waals surface area contributed by atoms with Gasteiger partial charge in [-0.25, -0.2) is 9.59 Å². The first-order valence-electron chi connectivity index (χ1n) is 3.77. The Bertz CT molecular complexity index is 202. The van der Waals surface area contributed by atoms with Gasteiger partial charge < -0.3 is 24.8 Å². The lowest BCUT2D eigenvalue weighted by molar-refractivity contribution is -0.178. The zero-order valence-electron chi connectivity index (χ0n) is 7.54. The Balaban J connectivity index is 3.64. The van der Waals surface area contributed by atoms with Gasteiger partial charge in [0.15, 0.2) is 6.10 Å². The minimum atomic E-state index is -1.94. The van der Waals surface area contributed by atoms with E-state index >= 15 is 0 Å². The summed E-state index contributed by atoms with van der Waals surface area (Å²) in [6.07, 6.45) is -3.46. The van der Waals surface area contributed by atoms with Gasteiger partial charge in [0.25, 0.3) is 6.29 Å². The van der Waals surface area contributed by atoms with Gasteiger partial charge in [0.2, 0.25) is 0 Å². The van der Waals surface area contributed by atoms with Crippen LogP contribution in [0.5, 0.6) is 0 Å². The van der Waals surface area contributed by atoms with Crippen molar-refractivity contribution in [3.63, 3.8) is 0 Å². The van der Waals surface area contributed by atoms with Gasteiger partial charge in [-0.05, 0) is 0 Å². The second kappa shape index (κ2) is 6.30. The number of aliphatic hydroxyl groups excluding tert-OH is 2. The number of methoxy groups -OCH3 is 1. The van der Waals surface area contributed by atoms with Crippen molar-refractivity contribution in [3.05, 3.63) is 0 Å². The smallest absolute Gasteiger partial charge is 0.360 e. The van der Waals surface area contributed by atoms with Crippen LogP contribution in [0.25, 0.3) is 0 Å². The highest BCUT2D eigenvalue weighted by Gasteiger charge is 2.18. The lowest BCUT2D eigenvalue weighted by atomic mass is 10.3. The monoisotopic (exact) mass is 208 g/mol. The molecule has 0 saturated heterocycles. The fourth-order valence-electron chi connectivity index (χ4n) is 0.616. The van der Waals surface area contributed by atoms with E-state index in [1.807, 2.05) is 0 Å². The van der Waals surface area contributed by atoms with Crippen LogP contribution in [-0.2, 0) is 19.1 Å². The Hall–Kier alpha value is -1.18. The van der Waals surface area contributed by atoms with Gasteiger partial charge >= 0.3 is 11.9 Å². The Morgan fingerprint density at radius 3 is 2.36 bits per heavy atom. The van der Waals surface area contributed by atoms with Crippen LogP contribution in [0.3, 0.4) is 0 Å². The zero-order valence-corrected chi connectivity index (χ0v) is 7.54. The quantitative estimate of drug-likeness (QED) is 0.353. The summed E-state index contributed by atoms with van der Waals surface area (Å²) in [5.41, 5.74) is 0. The summed E-state index contributed by atoms with van der Waals surface area (Å²) >= 11 is 0. The number of esters is 1. The normalized spacial score (nSPS) is 14.5. The number of aliphatic hydroxyl groups is 2. The summed E-state index contributed by atoms with van der Waals surface area (Å²) < 4.78 is 8.55. The highest BCUT2D eigenvalue weighted by Crippen LogP contribution is 1.97. The van der Waals surface area contributed by atoms with E-state index in [1.54, 1.807) is 0 Å². The lowest BCUT2D eigenvalue weighted by Gasteiger charge is -2.10. The fraction of sp³-hybridized carbons (Fsp3) is 0.714. The first kappa shape index (κ1) is 12.8. The van der Waals surface area contributed by atoms with Crippen molar-refractivity contribution in [1.82, 2.24) is 0 Å². The molecule has 2 atom stereocenters. The average Bonchev–Trinajstić information content (AvgIpc) is 2.15. The lowest BCUT2D eigenvalue weighted by Crippen LogP contribution is -2.27. The maximum absolute atomic E-state index is 10.6. The number of hydrogen-bond donors (Lipinski definition) is 3. The van der Waals surface area contributed by atoms with Gasteiger partial charge in [0.05, 0.1) is 13.7 Å².